The number of rotatable bonds is 8. The SMILES string of the molecule is O=C(C(Cc1ccnc(F)c1)c1ccco1)C(Cc1ccnc(F)c1)c1ccco1. The van der Waals surface area contributed by atoms with Gasteiger partial charge in [-0.2, -0.15) is 8.78 Å². The van der Waals surface area contributed by atoms with Gasteiger partial charge in [0.05, 0.1) is 24.4 Å². The van der Waals surface area contributed by atoms with Gasteiger partial charge in [-0.3, -0.25) is 4.79 Å². The van der Waals surface area contributed by atoms with Crippen LogP contribution in [0.4, 0.5) is 8.78 Å². The van der Waals surface area contributed by atoms with Crippen molar-refractivity contribution < 1.29 is 22.4 Å². The molecule has 0 aliphatic heterocycles. The second-order valence-corrected chi connectivity index (χ2v) is 6.92. The van der Waals surface area contributed by atoms with Crippen molar-refractivity contribution in [3.63, 3.8) is 0 Å². The fourth-order valence-electron chi connectivity index (χ4n) is 3.52. The number of carbonyl (C=O) groups is 1. The molecular weight excluding hydrogens is 390 g/mol. The van der Waals surface area contributed by atoms with Crippen LogP contribution in [0.25, 0.3) is 0 Å². The van der Waals surface area contributed by atoms with Crippen molar-refractivity contribution in [1.29, 1.82) is 0 Å². The lowest BCUT2D eigenvalue weighted by molar-refractivity contribution is -0.122. The maximum atomic E-state index is 13.7. The Morgan fingerprint density at radius 3 is 1.63 bits per heavy atom. The molecule has 4 aromatic rings. The predicted octanol–water partition coefficient (Wildman–Crippen LogP) is 4.86. The molecule has 0 radical (unpaired) electrons. The first-order valence-electron chi connectivity index (χ1n) is 9.41. The summed E-state index contributed by atoms with van der Waals surface area (Å²) in [5, 5.41) is 0. The number of halogens is 2. The standard InChI is InChI=1S/C23H18F2N2O3/c24-21-13-15(5-7-26-21)11-17(19-3-1-9-29-19)23(28)18(20-4-2-10-30-20)12-16-6-8-27-22(25)14-16/h1-10,13-14,17-18H,11-12H2. The highest BCUT2D eigenvalue weighted by Crippen LogP contribution is 2.32. The Bertz CT molecular complexity index is 1020. The number of nitrogens with zero attached hydrogens (tertiary/aromatic N) is 2. The van der Waals surface area contributed by atoms with Gasteiger partial charge in [0.25, 0.3) is 0 Å². The summed E-state index contributed by atoms with van der Waals surface area (Å²) in [6, 6.07) is 12.7. The minimum atomic E-state index is -0.677. The van der Waals surface area contributed by atoms with E-state index in [0.29, 0.717) is 22.6 Å². The lowest BCUT2D eigenvalue weighted by atomic mass is 9.82. The van der Waals surface area contributed by atoms with Crippen LogP contribution in [0.2, 0.25) is 0 Å². The van der Waals surface area contributed by atoms with Crippen molar-refractivity contribution in [3.05, 3.63) is 108 Å². The average molecular weight is 408 g/mol. The molecule has 0 aliphatic carbocycles. The fraction of sp³-hybridized carbons (Fsp3) is 0.174. The van der Waals surface area contributed by atoms with E-state index in [0.717, 1.165) is 0 Å². The summed E-state index contributed by atoms with van der Waals surface area (Å²) in [5.74, 6) is -1.83. The summed E-state index contributed by atoms with van der Waals surface area (Å²) in [7, 11) is 0. The summed E-state index contributed by atoms with van der Waals surface area (Å²) < 4.78 is 38.2. The number of hydrogen-bond donors (Lipinski definition) is 0. The van der Waals surface area contributed by atoms with Crippen molar-refractivity contribution in [2.24, 2.45) is 0 Å². The van der Waals surface area contributed by atoms with E-state index in [1.54, 1.807) is 36.4 Å². The van der Waals surface area contributed by atoms with E-state index in [1.165, 1.54) is 37.1 Å². The first kappa shape index (κ1) is 19.7. The summed E-state index contributed by atoms with van der Waals surface area (Å²) in [6.07, 6.45) is 6.16. The maximum absolute atomic E-state index is 13.7. The second kappa shape index (κ2) is 8.82. The van der Waals surface area contributed by atoms with Crippen molar-refractivity contribution >= 4 is 5.78 Å². The molecule has 0 saturated carbocycles. The topological polar surface area (TPSA) is 69.1 Å². The number of hydrogen-bond acceptors (Lipinski definition) is 5. The number of Topliss-reactive ketones (excluding diaryl/α,β-unsaturated/α-hetero) is 1. The summed E-state index contributed by atoms with van der Waals surface area (Å²) in [4.78, 5) is 20.8. The highest BCUT2D eigenvalue weighted by Gasteiger charge is 2.33. The molecule has 5 nitrogen and oxygen atoms in total. The average Bonchev–Trinajstić information content (AvgIpc) is 3.44. The van der Waals surface area contributed by atoms with E-state index < -0.39 is 23.7 Å². The molecule has 0 aromatic carbocycles. The van der Waals surface area contributed by atoms with Crippen LogP contribution < -0.4 is 0 Å². The molecule has 2 atom stereocenters. The highest BCUT2D eigenvalue weighted by molar-refractivity contribution is 5.91. The van der Waals surface area contributed by atoms with E-state index in [2.05, 4.69) is 9.97 Å². The van der Waals surface area contributed by atoms with E-state index in [1.807, 2.05) is 0 Å². The van der Waals surface area contributed by atoms with Gasteiger partial charge in [0.1, 0.15) is 11.5 Å². The van der Waals surface area contributed by atoms with E-state index in [4.69, 9.17) is 8.83 Å². The van der Waals surface area contributed by atoms with Gasteiger partial charge in [0, 0.05) is 12.4 Å². The van der Waals surface area contributed by atoms with Gasteiger partial charge in [-0.25, -0.2) is 9.97 Å². The monoisotopic (exact) mass is 408 g/mol. The fourth-order valence-corrected chi connectivity index (χ4v) is 3.52. The third-order valence-electron chi connectivity index (χ3n) is 4.92. The number of furan rings is 2. The van der Waals surface area contributed by atoms with Crippen LogP contribution in [-0.2, 0) is 17.6 Å². The minimum absolute atomic E-state index is 0.172. The smallest absolute Gasteiger partial charge is 0.213 e. The molecule has 0 fully saturated rings. The van der Waals surface area contributed by atoms with Crippen LogP contribution in [0, 0.1) is 11.9 Å². The normalized spacial score (nSPS) is 13.1. The van der Waals surface area contributed by atoms with Crippen molar-refractivity contribution in [3.8, 4) is 0 Å². The first-order chi connectivity index (χ1) is 14.6. The van der Waals surface area contributed by atoms with Gasteiger partial charge in [-0.15, -0.1) is 0 Å². The highest BCUT2D eigenvalue weighted by atomic mass is 19.1. The quantitative estimate of drug-likeness (QED) is 0.389. The molecule has 0 aliphatic rings. The predicted molar refractivity (Wildman–Crippen MR) is 104 cm³/mol. The molecule has 152 valence electrons. The lowest BCUT2D eigenvalue weighted by Gasteiger charge is -2.20. The van der Waals surface area contributed by atoms with Gasteiger partial charge in [-0.1, -0.05) is 0 Å². The first-order valence-corrected chi connectivity index (χ1v) is 9.41. The molecule has 30 heavy (non-hydrogen) atoms. The molecular formula is C23H18F2N2O3. The van der Waals surface area contributed by atoms with Gasteiger partial charge < -0.3 is 8.83 Å². The summed E-state index contributed by atoms with van der Waals surface area (Å²) in [6.45, 7) is 0. The molecule has 4 heterocycles. The lowest BCUT2D eigenvalue weighted by Crippen LogP contribution is -2.24. The van der Waals surface area contributed by atoms with Crippen LogP contribution in [0.5, 0.6) is 0 Å². The van der Waals surface area contributed by atoms with E-state index in [-0.39, 0.29) is 18.6 Å². The molecule has 7 heteroatoms. The zero-order chi connectivity index (χ0) is 20.9. The Hall–Kier alpha value is -3.61. The van der Waals surface area contributed by atoms with Crippen LogP contribution in [0.3, 0.4) is 0 Å². The van der Waals surface area contributed by atoms with Crippen LogP contribution >= 0.6 is 0 Å². The zero-order valence-electron chi connectivity index (χ0n) is 15.9. The van der Waals surface area contributed by atoms with Crippen molar-refractivity contribution in [2.75, 3.05) is 0 Å². The molecule has 0 bridgehead atoms. The summed E-state index contributed by atoms with van der Waals surface area (Å²) >= 11 is 0. The maximum Gasteiger partial charge on any atom is 0.213 e. The number of pyridine rings is 2. The van der Waals surface area contributed by atoms with Crippen molar-refractivity contribution in [2.45, 2.75) is 24.7 Å². The molecule has 0 amide bonds. The Balaban J connectivity index is 1.69. The number of aromatic nitrogens is 2. The molecule has 0 N–H and O–H groups in total. The molecule has 0 spiro atoms. The molecule has 0 saturated heterocycles. The Kier molecular flexibility index (Phi) is 5.79. The van der Waals surface area contributed by atoms with Gasteiger partial charge in [-0.05, 0) is 72.5 Å². The van der Waals surface area contributed by atoms with Gasteiger partial charge in [0.15, 0.2) is 5.78 Å². The van der Waals surface area contributed by atoms with Crippen LogP contribution in [0.1, 0.15) is 34.5 Å². The Morgan fingerprint density at radius 1 is 0.800 bits per heavy atom. The zero-order valence-corrected chi connectivity index (χ0v) is 15.9. The minimum Gasteiger partial charge on any atom is -0.469 e. The second-order valence-electron chi connectivity index (χ2n) is 6.92. The van der Waals surface area contributed by atoms with Crippen LogP contribution in [0.15, 0.2) is 82.3 Å². The van der Waals surface area contributed by atoms with E-state index >= 15 is 0 Å². The summed E-state index contributed by atoms with van der Waals surface area (Å²) in [5.41, 5.74) is 1.23. The third-order valence-corrected chi connectivity index (χ3v) is 4.92. The van der Waals surface area contributed by atoms with Gasteiger partial charge in [0.2, 0.25) is 11.9 Å². The van der Waals surface area contributed by atoms with Crippen LogP contribution in [-0.4, -0.2) is 15.8 Å². The Morgan fingerprint density at radius 2 is 1.27 bits per heavy atom. The van der Waals surface area contributed by atoms with E-state index in [9.17, 15) is 13.6 Å². The largest absolute Gasteiger partial charge is 0.469 e. The molecule has 2 unspecified atom stereocenters. The van der Waals surface area contributed by atoms with Gasteiger partial charge >= 0.3 is 0 Å². The third kappa shape index (κ3) is 4.51. The molecule has 4 aromatic heterocycles. The molecule has 4 rings (SSSR count). The number of ketones is 1. The number of carbonyl (C=O) groups excluding carboxylic acids is 1. The van der Waals surface area contributed by atoms with Crippen molar-refractivity contribution in [1.82, 2.24) is 9.97 Å². The Labute approximate surface area is 171 Å².